The first-order valence-corrected chi connectivity index (χ1v) is 7.28. The number of rotatable bonds is 6. The Hall–Kier alpha value is -2.55. The Labute approximate surface area is 130 Å². The van der Waals surface area contributed by atoms with Gasteiger partial charge in [-0.15, -0.1) is 0 Å². The van der Waals surface area contributed by atoms with Crippen molar-refractivity contribution >= 4 is 12.0 Å². The molecule has 22 heavy (non-hydrogen) atoms. The first-order valence-electron chi connectivity index (χ1n) is 7.28. The molecule has 2 aromatic carbocycles. The summed E-state index contributed by atoms with van der Waals surface area (Å²) in [5.74, 6) is 0.132. The molecule has 0 aliphatic heterocycles. The average molecular weight is 296 g/mol. The monoisotopic (exact) mass is 296 g/mol. The predicted octanol–water partition coefficient (Wildman–Crippen LogP) is 4.49. The van der Waals surface area contributed by atoms with E-state index >= 15 is 0 Å². The molecular weight excluding hydrogens is 276 g/mol. The minimum Gasteiger partial charge on any atom is -0.489 e. The van der Waals surface area contributed by atoms with Gasteiger partial charge in [0.2, 0.25) is 0 Å². The van der Waals surface area contributed by atoms with Crippen LogP contribution in [-0.2, 0) is 11.4 Å². The fourth-order valence-corrected chi connectivity index (χ4v) is 2.20. The van der Waals surface area contributed by atoms with Crippen LogP contribution in [0.25, 0.3) is 6.08 Å². The highest BCUT2D eigenvalue weighted by molar-refractivity contribution is 5.85. The molecule has 0 spiro atoms. The minimum atomic E-state index is -0.945. The van der Waals surface area contributed by atoms with Crippen molar-refractivity contribution in [3.05, 3.63) is 71.3 Å². The lowest BCUT2D eigenvalue weighted by Crippen LogP contribution is -1.98. The molecule has 114 valence electrons. The fourth-order valence-electron chi connectivity index (χ4n) is 2.20. The molecule has 0 unspecified atom stereocenters. The van der Waals surface area contributed by atoms with E-state index in [1.54, 1.807) is 6.08 Å². The summed E-state index contributed by atoms with van der Waals surface area (Å²) in [4.78, 5) is 10.7. The van der Waals surface area contributed by atoms with Crippen LogP contribution >= 0.6 is 0 Å². The molecule has 0 saturated heterocycles. The second-order valence-electron chi connectivity index (χ2n) is 5.39. The minimum absolute atomic E-state index is 0.286. The number of ether oxygens (including phenoxy) is 1. The zero-order valence-corrected chi connectivity index (χ0v) is 12.8. The van der Waals surface area contributed by atoms with Crippen LogP contribution < -0.4 is 4.74 Å². The van der Waals surface area contributed by atoms with E-state index in [0.717, 1.165) is 28.5 Å². The highest BCUT2D eigenvalue weighted by Gasteiger charge is 2.07. The van der Waals surface area contributed by atoms with Crippen LogP contribution in [0.2, 0.25) is 0 Å². The molecule has 0 aromatic heterocycles. The Balaban J connectivity index is 2.16. The van der Waals surface area contributed by atoms with Crippen LogP contribution in [0, 0.1) is 0 Å². The molecule has 0 saturated carbocycles. The third-order valence-corrected chi connectivity index (χ3v) is 3.33. The molecule has 2 rings (SSSR count). The number of carboxylic acids is 1. The number of aliphatic carboxylic acids is 1. The molecule has 2 aromatic rings. The normalized spacial score (nSPS) is 11.0. The van der Waals surface area contributed by atoms with Crippen molar-refractivity contribution in [3.63, 3.8) is 0 Å². The van der Waals surface area contributed by atoms with Crippen molar-refractivity contribution in [2.75, 3.05) is 0 Å². The second-order valence-corrected chi connectivity index (χ2v) is 5.39. The summed E-state index contributed by atoms with van der Waals surface area (Å²) in [6, 6.07) is 15.7. The summed E-state index contributed by atoms with van der Waals surface area (Å²) in [5.41, 5.74) is 3.09. The van der Waals surface area contributed by atoms with Crippen LogP contribution in [0.3, 0.4) is 0 Å². The van der Waals surface area contributed by atoms with Crippen molar-refractivity contribution < 1.29 is 14.6 Å². The quantitative estimate of drug-likeness (QED) is 0.799. The van der Waals surface area contributed by atoms with E-state index in [-0.39, 0.29) is 5.92 Å². The van der Waals surface area contributed by atoms with E-state index in [1.165, 1.54) is 0 Å². The summed E-state index contributed by atoms with van der Waals surface area (Å²) in [6.45, 7) is 4.67. The Morgan fingerprint density at radius 3 is 2.55 bits per heavy atom. The highest BCUT2D eigenvalue weighted by atomic mass is 16.5. The molecular formula is C19H20O3. The van der Waals surface area contributed by atoms with E-state index < -0.39 is 5.97 Å². The van der Waals surface area contributed by atoms with Gasteiger partial charge in [-0.2, -0.15) is 0 Å². The third-order valence-electron chi connectivity index (χ3n) is 3.33. The lowest BCUT2D eigenvalue weighted by Gasteiger charge is -2.13. The third kappa shape index (κ3) is 4.48. The summed E-state index contributed by atoms with van der Waals surface area (Å²) < 4.78 is 5.82. The van der Waals surface area contributed by atoms with E-state index in [1.807, 2.05) is 48.5 Å². The first-order chi connectivity index (χ1) is 10.6. The van der Waals surface area contributed by atoms with Gasteiger partial charge in [-0.3, -0.25) is 0 Å². The van der Waals surface area contributed by atoms with Crippen molar-refractivity contribution in [2.45, 2.75) is 26.4 Å². The zero-order valence-electron chi connectivity index (χ0n) is 12.8. The summed E-state index contributed by atoms with van der Waals surface area (Å²) in [6.07, 6.45) is 2.78. The lowest BCUT2D eigenvalue weighted by atomic mass is 9.96. The van der Waals surface area contributed by atoms with Crippen molar-refractivity contribution in [1.82, 2.24) is 0 Å². The fraction of sp³-hybridized carbons (Fsp3) is 0.211. The number of carbonyl (C=O) groups is 1. The Morgan fingerprint density at radius 2 is 1.91 bits per heavy atom. The van der Waals surface area contributed by atoms with Crippen molar-refractivity contribution in [1.29, 1.82) is 0 Å². The standard InChI is InChI=1S/C19H20O3/c1-14(2)18-12-17(10-8-16(18)9-11-19(20)21)22-13-15-6-4-3-5-7-15/h3-12,14H,13H2,1-2H3,(H,20,21). The number of benzene rings is 2. The molecule has 3 nitrogen and oxygen atoms in total. The van der Waals surface area contributed by atoms with Gasteiger partial charge < -0.3 is 9.84 Å². The van der Waals surface area contributed by atoms with Gasteiger partial charge in [0.15, 0.2) is 0 Å². The van der Waals surface area contributed by atoms with Crippen LogP contribution in [0.4, 0.5) is 0 Å². The number of hydrogen-bond acceptors (Lipinski definition) is 2. The SMILES string of the molecule is CC(C)c1cc(OCc2ccccc2)ccc1C=CC(=O)O. The number of hydrogen-bond donors (Lipinski definition) is 1. The van der Waals surface area contributed by atoms with Crippen LogP contribution in [0.15, 0.2) is 54.6 Å². The predicted molar refractivity (Wildman–Crippen MR) is 88.0 cm³/mol. The molecule has 0 aliphatic carbocycles. The Morgan fingerprint density at radius 1 is 1.18 bits per heavy atom. The maximum atomic E-state index is 10.7. The molecule has 0 aliphatic rings. The van der Waals surface area contributed by atoms with Gasteiger partial charge in [-0.1, -0.05) is 50.2 Å². The van der Waals surface area contributed by atoms with Crippen molar-refractivity contribution in [3.8, 4) is 5.75 Å². The molecule has 0 heterocycles. The van der Waals surface area contributed by atoms with Gasteiger partial charge in [0, 0.05) is 6.08 Å². The van der Waals surface area contributed by atoms with E-state index in [9.17, 15) is 4.79 Å². The van der Waals surface area contributed by atoms with Gasteiger partial charge in [0.05, 0.1) is 0 Å². The molecule has 3 heteroatoms. The second kappa shape index (κ2) is 7.46. The summed E-state index contributed by atoms with van der Waals surface area (Å²) >= 11 is 0. The molecule has 0 bridgehead atoms. The molecule has 0 atom stereocenters. The molecule has 0 amide bonds. The topological polar surface area (TPSA) is 46.5 Å². The van der Waals surface area contributed by atoms with Crippen LogP contribution in [0.5, 0.6) is 5.75 Å². The maximum absolute atomic E-state index is 10.7. The Bertz CT molecular complexity index is 658. The van der Waals surface area contributed by atoms with E-state index in [2.05, 4.69) is 13.8 Å². The number of carboxylic acid groups (broad SMARTS) is 1. The maximum Gasteiger partial charge on any atom is 0.328 e. The van der Waals surface area contributed by atoms with Gasteiger partial charge in [0.25, 0.3) is 0 Å². The highest BCUT2D eigenvalue weighted by Crippen LogP contribution is 2.26. The Kier molecular flexibility index (Phi) is 5.37. The van der Waals surface area contributed by atoms with Crippen LogP contribution in [0.1, 0.15) is 36.5 Å². The molecule has 1 N–H and O–H groups in total. The van der Waals surface area contributed by atoms with Gasteiger partial charge >= 0.3 is 5.97 Å². The lowest BCUT2D eigenvalue weighted by molar-refractivity contribution is -0.131. The van der Waals surface area contributed by atoms with Crippen LogP contribution in [-0.4, -0.2) is 11.1 Å². The first kappa shape index (κ1) is 15.8. The van der Waals surface area contributed by atoms with Gasteiger partial charge in [-0.05, 0) is 40.8 Å². The van der Waals surface area contributed by atoms with Gasteiger partial charge in [-0.25, -0.2) is 4.79 Å². The molecule has 0 radical (unpaired) electrons. The zero-order chi connectivity index (χ0) is 15.9. The average Bonchev–Trinajstić information content (AvgIpc) is 2.52. The largest absolute Gasteiger partial charge is 0.489 e. The summed E-state index contributed by atoms with van der Waals surface area (Å²) in [7, 11) is 0. The van der Waals surface area contributed by atoms with Crippen molar-refractivity contribution in [2.24, 2.45) is 0 Å². The summed E-state index contributed by atoms with van der Waals surface area (Å²) in [5, 5.41) is 8.76. The van der Waals surface area contributed by atoms with Gasteiger partial charge in [0.1, 0.15) is 12.4 Å². The van der Waals surface area contributed by atoms with E-state index in [4.69, 9.17) is 9.84 Å². The smallest absolute Gasteiger partial charge is 0.328 e. The molecule has 0 fully saturated rings. The van der Waals surface area contributed by atoms with E-state index in [0.29, 0.717) is 6.61 Å².